The summed E-state index contributed by atoms with van der Waals surface area (Å²) in [4.78, 5) is 4.71. The van der Waals surface area contributed by atoms with Crippen molar-refractivity contribution in [3.63, 3.8) is 0 Å². The molecule has 0 spiro atoms. The zero-order chi connectivity index (χ0) is 22.1. The molecule has 0 unspecified atom stereocenters. The van der Waals surface area contributed by atoms with Crippen molar-refractivity contribution >= 4 is 13.6 Å². The van der Waals surface area contributed by atoms with Gasteiger partial charge in [-0.1, -0.05) is 97.1 Å². The van der Waals surface area contributed by atoms with Crippen molar-refractivity contribution in [2.24, 2.45) is 4.99 Å². The van der Waals surface area contributed by atoms with Gasteiger partial charge in [-0.3, -0.25) is 10.1 Å². The van der Waals surface area contributed by atoms with Crippen molar-refractivity contribution in [3.05, 3.63) is 132 Å². The highest BCUT2D eigenvalue weighted by molar-refractivity contribution is 7.53. The van der Waals surface area contributed by atoms with Crippen molar-refractivity contribution in [2.75, 3.05) is 0 Å². The van der Waals surface area contributed by atoms with E-state index < -0.39 is 7.75 Å². The zero-order valence-corrected chi connectivity index (χ0v) is 18.3. The average Bonchev–Trinajstić information content (AvgIpc) is 2.84. The standard InChI is InChI=1S/C26H23N2O3P/c29-32(30-24-17-9-3-10-18-24,31-25-19-11-4-12-20-25)28-26(23-15-7-2-8-16-23)27-21-22-13-5-1-6-14-22/h1-20H,21H2,(H,27,28,29). The fraction of sp³-hybridized carbons (Fsp3) is 0.0385. The quantitative estimate of drug-likeness (QED) is 0.193. The SMILES string of the molecule is O=P(NC(=NCc1ccccc1)c1ccccc1)(Oc1ccccc1)Oc1ccccc1. The maximum Gasteiger partial charge on any atom is 0.542 e. The van der Waals surface area contributed by atoms with Gasteiger partial charge in [-0.15, -0.1) is 0 Å². The van der Waals surface area contributed by atoms with Gasteiger partial charge < -0.3 is 9.05 Å². The Morgan fingerprint density at radius 3 is 1.59 bits per heavy atom. The summed E-state index contributed by atoms with van der Waals surface area (Å²) < 4.78 is 25.6. The normalized spacial score (nSPS) is 11.6. The minimum absolute atomic E-state index is 0.411. The molecule has 4 aromatic rings. The molecule has 6 heteroatoms. The Morgan fingerprint density at radius 2 is 1.09 bits per heavy atom. The van der Waals surface area contributed by atoms with Gasteiger partial charge in [0.2, 0.25) is 0 Å². The molecule has 0 aliphatic heterocycles. The van der Waals surface area contributed by atoms with Crippen LogP contribution in [-0.4, -0.2) is 5.84 Å². The third-order valence-corrected chi connectivity index (χ3v) is 5.88. The van der Waals surface area contributed by atoms with E-state index in [1.807, 2.05) is 97.1 Å². The second kappa shape index (κ2) is 10.5. The first-order valence-corrected chi connectivity index (χ1v) is 11.8. The van der Waals surface area contributed by atoms with Gasteiger partial charge in [0.25, 0.3) is 0 Å². The van der Waals surface area contributed by atoms with Gasteiger partial charge in [0.1, 0.15) is 17.3 Å². The van der Waals surface area contributed by atoms with Crippen LogP contribution in [-0.2, 0) is 11.1 Å². The summed E-state index contributed by atoms with van der Waals surface area (Å²) >= 11 is 0. The molecule has 5 nitrogen and oxygen atoms in total. The van der Waals surface area contributed by atoms with E-state index in [1.54, 1.807) is 24.3 Å². The van der Waals surface area contributed by atoms with Gasteiger partial charge in [0.05, 0.1) is 6.54 Å². The molecule has 0 fully saturated rings. The first-order chi connectivity index (χ1) is 15.7. The molecule has 0 aromatic heterocycles. The molecule has 0 bridgehead atoms. The Morgan fingerprint density at radius 1 is 0.656 bits per heavy atom. The first-order valence-electron chi connectivity index (χ1n) is 10.2. The zero-order valence-electron chi connectivity index (χ0n) is 17.4. The Hall–Kier alpha value is -3.82. The van der Waals surface area contributed by atoms with Crippen LogP contribution in [0.2, 0.25) is 0 Å². The predicted octanol–water partition coefficient (Wildman–Crippen LogP) is 6.49. The second-order valence-corrected chi connectivity index (χ2v) is 8.52. The lowest BCUT2D eigenvalue weighted by molar-refractivity contribution is 0.380. The van der Waals surface area contributed by atoms with E-state index in [4.69, 9.17) is 14.0 Å². The maximum atomic E-state index is 13.9. The summed E-state index contributed by atoms with van der Waals surface area (Å²) in [5, 5.41) is 2.98. The molecule has 32 heavy (non-hydrogen) atoms. The lowest BCUT2D eigenvalue weighted by atomic mass is 10.2. The molecule has 1 N–H and O–H groups in total. The number of amidine groups is 1. The van der Waals surface area contributed by atoms with Crippen LogP contribution in [0.5, 0.6) is 11.5 Å². The second-order valence-electron chi connectivity index (χ2n) is 6.93. The molecule has 0 aliphatic rings. The van der Waals surface area contributed by atoms with Gasteiger partial charge in [-0.2, -0.15) is 0 Å². The monoisotopic (exact) mass is 442 g/mol. The van der Waals surface area contributed by atoms with Crippen LogP contribution in [0.1, 0.15) is 11.1 Å². The number of nitrogens with one attached hydrogen (secondary N) is 1. The summed E-state index contributed by atoms with van der Waals surface area (Å²) in [5.74, 6) is 1.27. The molecule has 0 aliphatic carbocycles. The van der Waals surface area contributed by atoms with E-state index in [1.165, 1.54) is 0 Å². The lowest BCUT2D eigenvalue weighted by Gasteiger charge is -2.22. The summed E-state index contributed by atoms with van der Waals surface area (Å²) in [7, 11) is -3.89. The minimum Gasteiger partial charge on any atom is -0.400 e. The van der Waals surface area contributed by atoms with Gasteiger partial charge >= 0.3 is 7.75 Å². The number of nitrogens with zero attached hydrogens (tertiary/aromatic N) is 1. The van der Waals surface area contributed by atoms with Gasteiger partial charge in [0.15, 0.2) is 0 Å². The first kappa shape index (κ1) is 21.4. The van der Waals surface area contributed by atoms with E-state index in [2.05, 4.69) is 5.09 Å². The van der Waals surface area contributed by atoms with Crippen LogP contribution in [0.25, 0.3) is 0 Å². The van der Waals surface area contributed by atoms with Crippen LogP contribution < -0.4 is 14.1 Å². The molecule has 0 heterocycles. The number of hydrogen-bond donors (Lipinski definition) is 1. The Kier molecular flexibility index (Phi) is 7.01. The van der Waals surface area contributed by atoms with Crippen LogP contribution in [0.4, 0.5) is 0 Å². The van der Waals surface area contributed by atoms with Crippen molar-refractivity contribution in [1.29, 1.82) is 0 Å². The molecule has 0 amide bonds. The lowest BCUT2D eigenvalue weighted by Crippen LogP contribution is -2.27. The molecule has 4 rings (SSSR count). The van der Waals surface area contributed by atoms with Crippen molar-refractivity contribution < 1.29 is 13.6 Å². The Bertz CT molecular complexity index is 1140. The highest BCUT2D eigenvalue weighted by Gasteiger charge is 2.31. The van der Waals surface area contributed by atoms with E-state index in [9.17, 15) is 4.57 Å². The maximum absolute atomic E-state index is 13.9. The fourth-order valence-corrected chi connectivity index (χ4v) is 4.36. The summed E-state index contributed by atoms with van der Waals surface area (Å²) in [6.45, 7) is 0.411. The Labute approximate surface area is 188 Å². The average molecular weight is 442 g/mol. The number of aliphatic imine (C=N–C) groups is 1. The number of rotatable bonds is 8. The van der Waals surface area contributed by atoms with Crippen LogP contribution >= 0.6 is 7.75 Å². The van der Waals surface area contributed by atoms with E-state index in [0.717, 1.165) is 11.1 Å². The number of benzene rings is 4. The Balaban J connectivity index is 1.67. The number of hydrogen-bond acceptors (Lipinski definition) is 4. The molecule has 160 valence electrons. The van der Waals surface area contributed by atoms with Crippen molar-refractivity contribution in [3.8, 4) is 11.5 Å². The third kappa shape index (κ3) is 6.10. The van der Waals surface area contributed by atoms with E-state index in [-0.39, 0.29) is 0 Å². The number of para-hydroxylation sites is 2. The van der Waals surface area contributed by atoms with E-state index >= 15 is 0 Å². The molecule has 0 saturated carbocycles. The van der Waals surface area contributed by atoms with Crippen molar-refractivity contribution in [1.82, 2.24) is 5.09 Å². The largest absolute Gasteiger partial charge is 0.542 e. The highest BCUT2D eigenvalue weighted by Crippen LogP contribution is 2.45. The van der Waals surface area contributed by atoms with Gasteiger partial charge in [-0.25, -0.2) is 4.57 Å². The molecular formula is C26H23N2O3P. The minimum atomic E-state index is -3.89. The van der Waals surface area contributed by atoms with E-state index in [0.29, 0.717) is 23.9 Å². The summed E-state index contributed by atoms with van der Waals surface area (Å²) in [6.07, 6.45) is 0. The summed E-state index contributed by atoms with van der Waals surface area (Å²) in [5.41, 5.74) is 1.81. The topological polar surface area (TPSA) is 59.9 Å². The fourth-order valence-electron chi connectivity index (χ4n) is 2.98. The molecule has 0 radical (unpaired) electrons. The van der Waals surface area contributed by atoms with Crippen LogP contribution in [0.15, 0.2) is 126 Å². The molecule has 0 saturated heterocycles. The van der Waals surface area contributed by atoms with Crippen molar-refractivity contribution in [2.45, 2.75) is 6.54 Å². The molecular weight excluding hydrogens is 419 g/mol. The molecule has 4 aromatic carbocycles. The smallest absolute Gasteiger partial charge is 0.400 e. The highest BCUT2D eigenvalue weighted by atomic mass is 31.2. The molecule has 0 atom stereocenters. The third-order valence-electron chi connectivity index (χ3n) is 4.49. The van der Waals surface area contributed by atoms with Gasteiger partial charge in [0, 0.05) is 5.56 Å². The van der Waals surface area contributed by atoms with Crippen LogP contribution in [0.3, 0.4) is 0 Å². The van der Waals surface area contributed by atoms with Gasteiger partial charge in [-0.05, 0) is 29.8 Å². The van der Waals surface area contributed by atoms with Crippen LogP contribution in [0, 0.1) is 0 Å². The predicted molar refractivity (Wildman–Crippen MR) is 128 cm³/mol. The summed E-state index contributed by atoms with van der Waals surface area (Å²) in [6, 6.07) is 37.2.